The third kappa shape index (κ3) is 12.3. The number of amides is 6. The van der Waals surface area contributed by atoms with E-state index in [-0.39, 0.29) is 54.8 Å². The van der Waals surface area contributed by atoms with Crippen LogP contribution in [0, 0.1) is 0 Å². The summed E-state index contributed by atoms with van der Waals surface area (Å²) in [6, 6.07) is 9.73. The highest BCUT2D eigenvalue weighted by Gasteiger charge is 2.46. The molecule has 3 aromatic heterocycles. The number of hydrogen-bond acceptors (Lipinski definition) is 16. The molecule has 4 aliphatic rings. The Morgan fingerprint density at radius 1 is 0.814 bits per heavy atom. The monoisotopic (exact) mass is 966 g/mol. The van der Waals surface area contributed by atoms with Crippen LogP contribution in [-0.2, 0) is 39.8 Å². The second kappa shape index (κ2) is 24.0. The number of hydrogen-bond donors (Lipinski definition) is 2. The predicted octanol–water partition coefficient (Wildman–Crippen LogP) is 2.02. The van der Waals surface area contributed by atoms with Gasteiger partial charge >= 0.3 is 0 Å². The molecule has 1 unspecified atom stereocenters. The number of anilines is 1. The lowest BCUT2D eigenvalue weighted by atomic mass is 10.0. The minimum Gasteiger partial charge on any atom is -0.483 e. The Morgan fingerprint density at radius 3 is 2.21 bits per heavy atom. The van der Waals surface area contributed by atoms with Crippen molar-refractivity contribution in [3.63, 3.8) is 0 Å². The number of piperazine rings is 1. The average molecular weight is 967 g/mol. The van der Waals surface area contributed by atoms with Gasteiger partial charge in [-0.15, -0.1) is 0 Å². The fourth-order valence-electron chi connectivity index (χ4n) is 9.17. The molecule has 70 heavy (non-hydrogen) atoms. The third-order valence-electron chi connectivity index (χ3n) is 12.9. The number of fused-ring (bicyclic) bond motifs is 2. The third-order valence-corrected chi connectivity index (χ3v) is 12.9. The van der Waals surface area contributed by atoms with Gasteiger partial charge in [0, 0.05) is 83.1 Å². The number of rotatable bonds is 24. The van der Waals surface area contributed by atoms with E-state index >= 15 is 0 Å². The molecule has 0 spiro atoms. The SMILES string of the molecule is CN(C)C(=O)c1cc2cnc(Cc3ccc(N4CCN(CCOCCOCCOCCOCCNC(=O)COc5cccc6c5C(=O)N(C5CCC(=O)NC5=O)C6=O)CC4)cn3)nc2n1C1CCCC1. The van der Waals surface area contributed by atoms with Gasteiger partial charge in [0.05, 0.1) is 82.3 Å². The molecule has 1 atom stereocenters. The molecule has 6 amide bonds. The Morgan fingerprint density at radius 2 is 1.53 bits per heavy atom. The van der Waals surface area contributed by atoms with Crippen LogP contribution >= 0.6 is 0 Å². The minimum absolute atomic E-state index is 0.0104. The molecule has 0 radical (unpaired) electrons. The lowest BCUT2D eigenvalue weighted by molar-refractivity contribution is -0.136. The molecule has 374 valence electrons. The van der Waals surface area contributed by atoms with Crippen molar-refractivity contribution in [2.75, 3.05) is 118 Å². The molecule has 3 fully saturated rings. The van der Waals surface area contributed by atoms with E-state index in [1.54, 1.807) is 19.0 Å². The van der Waals surface area contributed by atoms with E-state index in [1.165, 1.54) is 18.2 Å². The van der Waals surface area contributed by atoms with E-state index < -0.39 is 42.2 Å². The number of aromatic nitrogens is 4. The maximum atomic E-state index is 13.2. The topological polar surface area (TPSA) is 229 Å². The first kappa shape index (κ1) is 50.0. The number of carbonyl (C=O) groups is 6. The Balaban J connectivity index is 0.624. The summed E-state index contributed by atoms with van der Waals surface area (Å²) in [4.78, 5) is 97.2. The van der Waals surface area contributed by atoms with Gasteiger partial charge in [-0.1, -0.05) is 18.9 Å². The van der Waals surface area contributed by atoms with E-state index in [1.807, 2.05) is 18.5 Å². The standard InChI is InChI=1S/C49H62N10O11/c1-55(2)48(64)39-28-33-30-52-41(53-45(33)58(39)35-6-3-4-7-35)29-34-10-11-36(31-51-34)57-17-15-56(16-18-57)19-21-67-23-25-69-27-26-68-24-22-66-20-14-50-43(61)32-70-40-9-5-8-37-44(40)49(65)59(47(37)63)38-12-13-42(60)54-46(38)62/h5,8-11,28,30-31,35,38H,3-4,6-7,12-27,29,32H2,1-2H3,(H,50,61)(H,54,60,62). The van der Waals surface area contributed by atoms with E-state index in [4.69, 9.17) is 33.7 Å². The average Bonchev–Trinajstić information content (AvgIpc) is 4.09. The normalized spacial score (nSPS) is 17.7. The van der Waals surface area contributed by atoms with Crippen molar-refractivity contribution in [3.05, 3.63) is 77.1 Å². The molecule has 1 saturated carbocycles. The molecule has 21 heteroatoms. The highest BCUT2D eigenvalue weighted by atomic mass is 16.6. The second-order valence-corrected chi connectivity index (χ2v) is 17.8. The highest BCUT2D eigenvalue weighted by molar-refractivity contribution is 6.24. The van der Waals surface area contributed by atoms with Gasteiger partial charge < -0.3 is 43.4 Å². The van der Waals surface area contributed by atoms with Gasteiger partial charge in [-0.05, 0) is 49.6 Å². The van der Waals surface area contributed by atoms with E-state index in [0.29, 0.717) is 64.2 Å². The van der Waals surface area contributed by atoms with Crippen LogP contribution in [0.25, 0.3) is 11.0 Å². The fraction of sp³-hybridized carbons (Fsp3) is 0.531. The molecule has 4 aromatic rings. The Labute approximate surface area is 406 Å². The number of imide groups is 2. The zero-order chi connectivity index (χ0) is 49.0. The predicted molar refractivity (Wildman–Crippen MR) is 254 cm³/mol. The van der Waals surface area contributed by atoms with Crippen molar-refractivity contribution in [1.29, 1.82) is 0 Å². The number of pyridine rings is 1. The zero-order valence-electron chi connectivity index (χ0n) is 39.9. The van der Waals surface area contributed by atoms with Gasteiger partial charge in [0.2, 0.25) is 11.8 Å². The van der Waals surface area contributed by atoms with Crippen LogP contribution in [0.15, 0.2) is 48.8 Å². The maximum absolute atomic E-state index is 13.2. The van der Waals surface area contributed by atoms with E-state index in [2.05, 4.69) is 42.1 Å². The van der Waals surface area contributed by atoms with Gasteiger partial charge in [-0.3, -0.25) is 48.9 Å². The number of piperidine rings is 1. The lowest BCUT2D eigenvalue weighted by Gasteiger charge is -2.35. The molecule has 0 bridgehead atoms. The van der Waals surface area contributed by atoms with Crippen molar-refractivity contribution >= 4 is 52.2 Å². The van der Waals surface area contributed by atoms with Crippen LogP contribution in [0.1, 0.15) is 87.3 Å². The molecule has 3 aliphatic heterocycles. The summed E-state index contributed by atoms with van der Waals surface area (Å²) >= 11 is 0. The molecule has 8 rings (SSSR count). The number of nitrogens with one attached hydrogen (secondary N) is 2. The Hall–Kier alpha value is -6.39. The number of benzene rings is 1. The van der Waals surface area contributed by atoms with Gasteiger partial charge in [-0.2, -0.15) is 0 Å². The fourth-order valence-corrected chi connectivity index (χ4v) is 9.17. The van der Waals surface area contributed by atoms with Crippen molar-refractivity contribution in [2.45, 2.75) is 57.0 Å². The van der Waals surface area contributed by atoms with Gasteiger partial charge in [0.15, 0.2) is 6.61 Å². The first-order chi connectivity index (χ1) is 34.0. The van der Waals surface area contributed by atoms with Crippen molar-refractivity contribution in [2.24, 2.45) is 0 Å². The van der Waals surface area contributed by atoms with Crippen LogP contribution in [0.2, 0.25) is 0 Å². The summed E-state index contributed by atoms with van der Waals surface area (Å²) in [6.45, 7) is 7.69. The van der Waals surface area contributed by atoms with Gasteiger partial charge in [0.25, 0.3) is 23.6 Å². The molecule has 2 saturated heterocycles. The van der Waals surface area contributed by atoms with Gasteiger partial charge in [-0.25, -0.2) is 9.97 Å². The van der Waals surface area contributed by atoms with Crippen LogP contribution < -0.4 is 20.3 Å². The van der Waals surface area contributed by atoms with Crippen LogP contribution in [0.5, 0.6) is 5.75 Å². The van der Waals surface area contributed by atoms with Gasteiger partial charge in [0.1, 0.15) is 29.0 Å². The van der Waals surface area contributed by atoms with Crippen molar-refractivity contribution < 1.29 is 52.5 Å². The van der Waals surface area contributed by atoms with Crippen LogP contribution in [0.3, 0.4) is 0 Å². The minimum atomic E-state index is -1.10. The van der Waals surface area contributed by atoms with Crippen LogP contribution in [-0.4, -0.2) is 189 Å². The summed E-state index contributed by atoms with van der Waals surface area (Å²) in [5.41, 5.74) is 3.53. The molecular formula is C49H62N10O11. The highest BCUT2D eigenvalue weighted by Crippen LogP contribution is 2.36. The second-order valence-electron chi connectivity index (χ2n) is 17.8. The smallest absolute Gasteiger partial charge is 0.270 e. The lowest BCUT2D eigenvalue weighted by Crippen LogP contribution is -2.54. The summed E-state index contributed by atoms with van der Waals surface area (Å²) in [6.07, 6.45) is 8.74. The quantitative estimate of drug-likeness (QED) is 0.0756. The molecular weight excluding hydrogens is 905 g/mol. The zero-order valence-corrected chi connectivity index (χ0v) is 39.9. The number of carbonyl (C=O) groups excluding carboxylic acids is 6. The van der Waals surface area contributed by atoms with E-state index in [9.17, 15) is 28.8 Å². The Kier molecular flexibility index (Phi) is 17.1. The first-order valence-corrected chi connectivity index (χ1v) is 24.1. The maximum Gasteiger partial charge on any atom is 0.270 e. The largest absolute Gasteiger partial charge is 0.483 e. The first-order valence-electron chi connectivity index (χ1n) is 24.1. The molecule has 2 N–H and O–H groups in total. The van der Waals surface area contributed by atoms with Crippen molar-refractivity contribution in [1.82, 2.24) is 44.9 Å². The summed E-state index contributed by atoms with van der Waals surface area (Å²) in [5.74, 6) is -2.27. The molecule has 6 heterocycles. The van der Waals surface area contributed by atoms with Crippen molar-refractivity contribution in [3.8, 4) is 5.75 Å². The molecule has 1 aromatic carbocycles. The number of ether oxygens (including phenoxy) is 5. The summed E-state index contributed by atoms with van der Waals surface area (Å²) in [5, 5.41) is 5.72. The summed E-state index contributed by atoms with van der Waals surface area (Å²) in [7, 11) is 3.57. The summed E-state index contributed by atoms with van der Waals surface area (Å²) < 4.78 is 30.3. The van der Waals surface area contributed by atoms with Crippen LogP contribution in [0.4, 0.5) is 5.69 Å². The Bertz CT molecular complexity index is 2500. The number of nitrogens with zero attached hydrogens (tertiary/aromatic N) is 8. The molecule has 1 aliphatic carbocycles. The van der Waals surface area contributed by atoms with E-state index in [0.717, 1.165) is 85.7 Å². The molecule has 21 nitrogen and oxygen atoms in total.